The van der Waals surface area contributed by atoms with Crippen LogP contribution in [0.5, 0.6) is 0 Å². The third-order valence-corrected chi connectivity index (χ3v) is 6.29. The van der Waals surface area contributed by atoms with E-state index in [1.165, 1.54) is 22.5 Å². The van der Waals surface area contributed by atoms with Gasteiger partial charge in [0.25, 0.3) is 0 Å². The van der Waals surface area contributed by atoms with E-state index in [9.17, 15) is 9.18 Å². The average Bonchev–Trinajstić information content (AvgIpc) is 3.42. The van der Waals surface area contributed by atoms with Gasteiger partial charge in [-0.3, -0.25) is 0 Å². The molecule has 2 aromatic heterocycles. The van der Waals surface area contributed by atoms with Crippen molar-refractivity contribution in [1.82, 2.24) is 29.7 Å². The molecule has 182 valence electrons. The van der Waals surface area contributed by atoms with Gasteiger partial charge in [0.1, 0.15) is 11.4 Å². The number of carbonyl (C=O) groups is 1. The largest absolute Gasteiger partial charge is 0.444 e. The van der Waals surface area contributed by atoms with E-state index in [0.29, 0.717) is 18.9 Å². The van der Waals surface area contributed by atoms with Crippen molar-refractivity contribution in [2.75, 3.05) is 13.1 Å². The number of amides is 1. The third kappa shape index (κ3) is 4.76. The van der Waals surface area contributed by atoms with Gasteiger partial charge in [0.15, 0.2) is 0 Å². The molecule has 2 aromatic carbocycles. The smallest absolute Gasteiger partial charge is 0.410 e. The number of aromatic nitrogens is 5. The quantitative estimate of drug-likeness (QED) is 0.412. The highest BCUT2D eigenvalue weighted by atomic mass is 19.1. The topological polar surface area (TPSA) is 78.1 Å². The fourth-order valence-electron chi connectivity index (χ4n) is 4.63. The van der Waals surface area contributed by atoms with E-state index in [-0.39, 0.29) is 17.8 Å². The van der Waals surface area contributed by atoms with Gasteiger partial charge in [-0.1, -0.05) is 0 Å². The van der Waals surface area contributed by atoms with Crippen molar-refractivity contribution < 1.29 is 13.9 Å². The van der Waals surface area contributed by atoms with E-state index in [1.54, 1.807) is 24.1 Å². The number of aryl methyl sites for hydroxylation is 1. The minimum atomic E-state index is -0.513. The number of piperidine rings is 1. The van der Waals surface area contributed by atoms with Crippen LogP contribution < -0.4 is 0 Å². The average molecular weight is 477 g/mol. The fraction of sp³-hybridized carbons (Fsp3) is 0.385. The van der Waals surface area contributed by atoms with Gasteiger partial charge in [0.2, 0.25) is 5.82 Å². The predicted molar refractivity (Wildman–Crippen MR) is 131 cm³/mol. The number of hydrogen-bond donors (Lipinski definition) is 0. The molecule has 0 bridgehead atoms. The van der Waals surface area contributed by atoms with Crippen LogP contribution in [0.3, 0.4) is 0 Å². The van der Waals surface area contributed by atoms with Crippen molar-refractivity contribution in [2.45, 2.75) is 45.1 Å². The molecule has 0 spiro atoms. The monoisotopic (exact) mass is 476 g/mol. The molecule has 0 atom stereocenters. The maximum Gasteiger partial charge on any atom is 0.410 e. The maximum atomic E-state index is 13.6. The Morgan fingerprint density at radius 3 is 2.43 bits per heavy atom. The molecule has 0 N–H and O–H groups in total. The van der Waals surface area contributed by atoms with Crippen LogP contribution in [0.15, 0.2) is 48.7 Å². The lowest BCUT2D eigenvalue weighted by Crippen LogP contribution is -2.41. The number of tetrazole rings is 1. The highest BCUT2D eigenvalue weighted by molar-refractivity contribution is 5.89. The summed E-state index contributed by atoms with van der Waals surface area (Å²) in [6, 6.07) is 12.6. The Morgan fingerprint density at radius 1 is 1.09 bits per heavy atom. The lowest BCUT2D eigenvalue weighted by molar-refractivity contribution is 0.0205. The van der Waals surface area contributed by atoms with E-state index in [4.69, 9.17) is 4.74 Å². The molecule has 1 saturated heterocycles. The van der Waals surface area contributed by atoms with E-state index < -0.39 is 5.60 Å². The van der Waals surface area contributed by atoms with Crippen LogP contribution in [0.1, 0.15) is 45.1 Å². The third-order valence-electron chi connectivity index (χ3n) is 6.29. The Kier molecular flexibility index (Phi) is 5.78. The second-order valence-electron chi connectivity index (χ2n) is 10.0. The van der Waals surface area contributed by atoms with Crippen molar-refractivity contribution in [2.24, 2.45) is 7.05 Å². The molecule has 0 radical (unpaired) electrons. The normalized spacial score (nSPS) is 15.1. The molecule has 9 heteroatoms. The van der Waals surface area contributed by atoms with Crippen molar-refractivity contribution in [3.63, 3.8) is 0 Å². The van der Waals surface area contributed by atoms with Crippen LogP contribution in [-0.4, -0.2) is 54.5 Å². The second-order valence-corrected chi connectivity index (χ2v) is 10.0. The van der Waals surface area contributed by atoms with Crippen molar-refractivity contribution in [1.29, 1.82) is 0 Å². The fourth-order valence-corrected chi connectivity index (χ4v) is 4.63. The van der Waals surface area contributed by atoms with E-state index in [1.807, 2.05) is 32.9 Å². The van der Waals surface area contributed by atoms with Crippen LogP contribution in [0.4, 0.5) is 9.18 Å². The number of nitrogens with zero attached hydrogens (tertiary/aromatic N) is 6. The number of likely N-dealkylation sites (tertiary alicyclic amines) is 1. The second kappa shape index (κ2) is 8.79. The molecular weight excluding hydrogens is 447 g/mol. The summed E-state index contributed by atoms with van der Waals surface area (Å²) in [6.45, 7) is 6.91. The van der Waals surface area contributed by atoms with Crippen LogP contribution in [-0.2, 0) is 11.8 Å². The predicted octanol–water partition coefficient (Wildman–Crippen LogP) is 5.07. The molecule has 0 saturated carbocycles. The standard InChI is InChI=1S/C26H29FN6O2/c1-26(2,3)35-25(34)32-13-11-17(12-14-32)22-16-33(20-8-6-19(27)7-9-20)23-10-5-18(15-21(22)23)24-28-30-31(4)29-24/h5-10,15-17H,11-14H2,1-4H3. The van der Waals surface area contributed by atoms with E-state index >= 15 is 0 Å². The Hall–Kier alpha value is -3.75. The Bertz CT molecular complexity index is 1360. The molecule has 1 aliphatic heterocycles. The number of benzene rings is 2. The van der Waals surface area contributed by atoms with Crippen molar-refractivity contribution in [3.8, 4) is 17.1 Å². The van der Waals surface area contributed by atoms with Gasteiger partial charge in [-0.25, -0.2) is 9.18 Å². The highest BCUT2D eigenvalue weighted by Crippen LogP contribution is 2.37. The van der Waals surface area contributed by atoms with Gasteiger partial charge in [-0.15, -0.1) is 10.2 Å². The number of ether oxygens (including phenoxy) is 1. The lowest BCUT2D eigenvalue weighted by atomic mass is 9.89. The van der Waals surface area contributed by atoms with Gasteiger partial charge >= 0.3 is 6.09 Å². The van der Waals surface area contributed by atoms with Gasteiger partial charge < -0.3 is 14.2 Å². The summed E-state index contributed by atoms with van der Waals surface area (Å²) in [5.74, 6) is 0.563. The molecule has 0 aliphatic carbocycles. The van der Waals surface area contributed by atoms with E-state index in [2.05, 4.69) is 32.2 Å². The lowest BCUT2D eigenvalue weighted by Gasteiger charge is -2.33. The first-order valence-electron chi connectivity index (χ1n) is 11.8. The summed E-state index contributed by atoms with van der Waals surface area (Å²) >= 11 is 0. The number of hydrogen-bond acceptors (Lipinski definition) is 5. The molecule has 4 aromatic rings. The minimum Gasteiger partial charge on any atom is -0.444 e. The van der Waals surface area contributed by atoms with Crippen molar-refractivity contribution in [3.05, 3.63) is 60.0 Å². The Balaban J connectivity index is 1.50. The van der Waals surface area contributed by atoms with Gasteiger partial charge in [0.05, 0.1) is 12.6 Å². The first-order valence-corrected chi connectivity index (χ1v) is 11.8. The van der Waals surface area contributed by atoms with Gasteiger partial charge in [0, 0.05) is 35.9 Å². The van der Waals surface area contributed by atoms with Crippen LogP contribution in [0.25, 0.3) is 28.0 Å². The minimum absolute atomic E-state index is 0.263. The summed E-state index contributed by atoms with van der Waals surface area (Å²) in [5.41, 5.74) is 3.48. The first-order chi connectivity index (χ1) is 16.7. The number of carbonyl (C=O) groups excluding carboxylic acids is 1. The number of rotatable bonds is 3. The van der Waals surface area contributed by atoms with Crippen LogP contribution in [0, 0.1) is 5.82 Å². The number of halogens is 1. The summed E-state index contributed by atoms with van der Waals surface area (Å²) in [4.78, 5) is 15.8. The van der Waals surface area contributed by atoms with Gasteiger partial charge in [-0.2, -0.15) is 4.80 Å². The molecule has 35 heavy (non-hydrogen) atoms. The SMILES string of the molecule is Cn1nnc(-c2ccc3c(c2)c(C2CCN(C(=O)OC(C)(C)C)CC2)cn3-c2ccc(F)cc2)n1. The van der Waals surface area contributed by atoms with Crippen LogP contribution >= 0.6 is 0 Å². The number of fused-ring (bicyclic) bond motifs is 1. The first kappa shape index (κ1) is 23.0. The summed E-state index contributed by atoms with van der Waals surface area (Å²) < 4.78 is 21.2. The Labute approximate surface area is 203 Å². The zero-order valence-corrected chi connectivity index (χ0v) is 20.4. The van der Waals surface area contributed by atoms with Gasteiger partial charge in [-0.05, 0) is 92.8 Å². The molecule has 1 aliphatic rings. The maximum absolute atomic E-state index is 13.6. The van der Waals surface area contributed by atoms with E-state index in [0.717, 1.165) is 35.0 Å². The molecule has 0 unspecified atom stereocenters. The Morgan fingerprint density at radius 2 is 1.80 bits per heavy atom. The molecule has 1 fully saturated rings. The molecule has 1 amide bonds. The molecule has 8 nitrogen and oxygen atoms in total. The molecule has 5 rings (SSSR count). The summed E-state index contributed by atoms with van der Waals surface area (Å²) in [6.07, 6.45) is 3.53. The summed E-state index contributed by atoms with van der Waals surface area (Å²) in [5, 5.41) is 13.6. The zero-order chi connectivity index (χ0) is 24.7. The zero-order valence-electron chi connectivity index (χ0n) is 20.4. The molecular formula is C26H29FN6O2. The summed E-state index contributed by atoms with van der Waals surface area (Å²) in [7, 11) is 1.74. The van der Waals surface area contributed by atoms with Crippen molar-refractivity contribution >= 4 is 17.0 Å². The highest BCUT2D eigenvalue weighted by Gasteiger charge is 2.29. The van der Waals surface area contributed by atoms with Crippen LogP contribution in [0.2, 0.25) is 0 Å². The molecule has 3 heterocycles.